The summed E-state index contributed by atoms with van der Waals surface area (Å²) in [7, 11) is 0. The Morgan fingerprint density at radius 2 is 1.81 bits per heavy atom. The number of halogens is 5. The fourth-order valence-electron chi connectivity index (χ4n) is 3.58. The molecular formula is C23H15ClF4N6OS. The first-order chi connectivity index (χ1) is 17.2. The Balaban J connectivity index is 1.49. The molecule has 5 rings (SSSR count). The summed E-state index contributed by atoms with van der Waals surface area (Å²) in [5, 5.41) is 12.3. The first-order valence-electron chi connectivity index (χ1n) is 10.4. The normalized spacial score (nSPS) is 11.8. The van der Waals surface area contributed by atoms with Gasteiger partial charge in [0.25, 0.3) is 0 Å². The summed E-state index contributed by atoms with van der Waals surface area (Å²) in [5.74, 6) is 0.141. The third-order valence-electron chi connectivity index (χ3n) is 5.30. The van der Waals surface area contributed by atoms with Crippen molar-refractivity contribution in [3.8, 4) is 22.1 Å². The topological polar surface area (TPSA) is 81.4 Å². The van der Waals surface area contributed by atoms with Crippen LogP contribution >= 0.6 is 22.9 Å². The van der Waals surface area contributed by atoms with Crippen LogP contribution in [0.1, 0.15) is 17.0 Å². The summed E-state index contributed by atoms with van der Waals surface area (Å²) in [6.45, 7) is -0.205. The highest BCUT2D eigenvalue weighted by Gasteiger charge is 2.30. The molecule has 0 aliphatic rings. The van der Waals surface area contributed by atoms with E-state index in [1.54, 1.807) is 30.3 Å². The van der Waals surface area contributed by atoms with Gasteiger partial charge in [-0.25, -0.2) is 13.9 Å². The number of aromatic nitrogens is 6. The molecule has 0 aliphatic heterocycles. The lowest BCUT2D eigenvalue weighted by molar-refractivity contribution is -0.137. The number of rotatable bonds is 6. The Kier molecular flexibility index (Phi) is 6.22. The highest BCUT2D eigenvalue weighted by atomic mass is 35.5. The standard InChI is InChI=1S/C23H15ClF4N6OS/c24-18-9-8-17(36-18)21-32-34(22(35)33(21)11-14-4-1-2-7-16(14)25)12-19-29-20(31-30-19)13-5-3-6-15(10-13)23(26,27)28/h1-10H,11-12H2,(H,29,30,31). The van der Waals surface area contributed by atoms with Crippen LogP contribution in [0.25, 0.3) is 22.1 Å². The molecule has 36 heavy (non-hydrogen) atoms. The number of aromatic amines is 1. The van der Waals surface area contributed by atoms with Crippen LogP contribution in [0, 0.1) is 5.82 Å². The van der Waals surface area contributed by atoms with Gasteiger partial charge < -0.3 is 4.98 Å². The van der Waals surface area contributed by atoms with Crippen LogP contribution in [0.4, 0.5) is 17.6 Å². The van der Waals surface area contributed by atoms with Gasteiger partial charge in [-0.15, -0.1) is 26.6 Å². The molecule has 0 saturated heterocycles. The van der Waals surface area contributed by atoms with E-state index in [0.717, 1.165) is 16.8 Å². The van der Waals surface area contributed by atoms with E-state index in [1.807, 2.05) is 0 Å². The minimum absolute atomic E-state index is 0.0672. The second-order valence-electron chi connectivity index (χ2n) is 7.74. The lowest BCUT2D eigenvalue weighted by Crippen LogP contribution is -2.26. The molecule has 13 heteroatoms. The highest BCUT2D eigenvalue weighted by molar-refractivity contribution is 7.19. The number of hydrogen-bond acceptors (Lipinski definition) is 5. The van der Waals surface area contributed by atoms with E-state index in [9.17, 15) is 22.4 Å². The largest absolute Gasteiger partial charge is 0.416 e. The van der Waals surface area contributed by atoms with Gasteiger partial charge in [0.05, 0.1) is 21.3 Å². The Morgan fingerprint density at radius 3 is 2.53 bits per heavy atom. The van der Waals surface area contributed by atoms with Crippen molar-refractivity contribution >= 4 is 22.9 Å². The van der Waals surface area contributed by atoms with E-state index in [1.165, 1.54) is 34.1 Å². The molecule has 184 valence electrons. The fraction of sp³-hybridized carbons (Fsp3) is 0.130. The number of nitrogens with zero attached hydrogens (tertiary/aromatic N) is 5. The first kappa shape index (κ1) is 23.9. The third kappa shape index (κ3) is 4.82. The number of alkyl halides is 3. The van der Waals surface area contributed by atoms with Crippen molar-refractivity contribution in [1.29, 1.82) is 0 Å². The van der Waals surface area contributed by atoms with Gasteiger partial charge in [-0.2, -0.15) is 13.2 Å². The van der Waals surface area contributed by atoms with Crippen LogP contribution in [0.5, 0.6) is 0 Å². The zero-order chi connectivity index (χ0) is 25.4. The minimum atomic E-state index is -4.50. The predicted molar refractivity (Wildman–Crippen MR) is 126 cm³/mol. The van der Waals surface area contributed by atoms with Gasteiger partial charge in [0.15, 0.2) is 17.5 Å². The van der Waals surface area contributed by atoms with Crippen LogP contribution in [-0.4, -0.2) is 29.5 Å². The van der Waals surface area contributed by atoms with E-state index in [0.29, 0.717) is 14.8 Å². The number of hydrogen-bond donors (Lipinski definition) is 1. The molecular weight excluding hydrogens is 520 g/mol. The predicted octanol–water partition coefficient (Wildman–Crippen LogP) is 5.47. The fourth-order valence-corrected chi connectivity index (χ4v) is 4.62. The maximum atomic E-state index is 14.3. The maximum absolute atomic E-state index is 14.3. The van der Waals surface area contributed by atoms with Crippen molar-refractivity contribution in [2.45, 2.75) is 19.3 Å². The van der Waals surface area contributed by atoms with Crippen LogP contribution in [0.15, 0.2) is 65.5 Å². The van der Waals surface area contributed by atoms with Gasteiger partial charge in [0, 0.05) is 11.1 Å². The second kappa shape index (κ2) is 9.36. The first-order valence-corrected chi connectivity index (χ1v) is 11.6. The lowest BCUT2D eigenvalue weighted by Gasteiger charge is -2.07. The quantitative estimate of drug-likeness (QED) is 0.293. The van der Waals surface area contributed by atoms with Crippen molar-refractivity contribution in [2.24, 2.45) is 0 Å². The molecule has 0 aliphatic carbocycles. The van der Waals surface area contributed by atoms with E-state index in [4.69, 9.17) is 11.6 Å². The molecule has 0 radical (unpaired) electrons. The zero-order valence-electron chi connectivity index (χ0n) is 18.1. The molecule has 0 saturated carbocycles. The molecule has 3 heterocycles. The van der Waals surface area contributed by atoms with Crippen LogP contribution < -0.4 is 5.69 Å². The van der Waals surface area contributed by atoms with Crippen molar-refractivity contribution in [1.82, 2.24) is 29.5 Å². The van der Waals surface area contributed by atoms with E-state index in [-0.39, 0.29) is 36.1 Å². The van der Waals surface area contributed by atoms with Crippen molar-refractivity contribution in [2.75, 3.05) is 0 Å². The van der Waals surface area contributed by atoms with Crippen LogP contribution in [0.3, 0.4) is 0 Å². The Labute approximate surface area is 209 Å². The van der Waals surface area contributed by atoms with E-state index in [2.05, 4.69) is 20.3 Å². The van der Waals surface area contributed by atoms with E-state index >= 15 is 0 Å². The second-order valence-corrected chi connectivity index (χ2v) is 9.46. The third-order valence-corrected chi connectivity index (χ3v) is 6.53. The zero-order valence-corrected chi connectivity index (χ0v) is 19.7. The van der Waals surface area contributed by atoms with Crippen LogP contribution in [-0.2, 0) is 19.3 Å². The number of nitrogens with one attached hydrogen (secondary N) is 1. The molecule has 0 spiro atoms. The molecule has 1 N–H and O–H groups in total. The summed E-state index contributed by atoms with van der Waals surface area (Å²) >= 11 is 7.28. The molecule has 0 bridgehead atoms. The molecule has 0 fully saturated rings. The SMILES string of the molecule is O=c1n(Cc2nnc(-c3cccc(C(F)(F)F)c3)[nH]2)nc(-c2ccc(Cl)s2)n1Cc1ccccc1F. The molecule has 7 nitrogen and oxygen atoms in total. The summed E-state index contributed by atoms with van der Waals surface area (Å²) in [6, 6.07) is 14.1. The smallest absolute Gasteiger partial charge is 0.323 e. The van der Waals surface area contributed by atoms with Gasteiger partial charge in [-0.05, 0) is 30.3 Å². The number of thiophene rings is 1. The summed E-state index contributed by atoms with van der Waals surface area (Å²) in [4.78, 5) is 16.7. The average molecular weight is 535 g/mol. The molecule has 0 amide bonds. The Morgan fingerprint density at radius 1 is 1.00 bits per heavy atom. The van der Waals surface area contributed by atoms with Crippen molar-refractivity contribution < 1.29 is 17.6 Å². The summed E-state index contributed by atoms with van der Waals surface area (Å²) in [6.07, 6.45) is -4.50. The van der Waals surface area contributed by atoms with Gasteiger partial charge in [0.1, 0.15) is 12.4 Å². The Hall–Kier alpha value is -3.77. The average Bonchev–Trinajstić information content (AvgIpc) is 3.56. The lowest BCUT2D eigenvalue weighted by atomic mass is 10.1. The summed E-state index contributed by atoms with van der Waals surface area (Å²) < 4.78 is 56.4. The van der Waals surface area contributed by atoms with Gasteiger partial charge in [-0.3, -0.25) is 4.57 Å². The van der Waals surface area contributed by atoms with Crippen LogP contribution in [0.2, 0.25) is 4.34 Å². The molecule has 5 aromatic rings. The minimum Gasteiger partial charge on any atom is -0.323 e. The van der Waals surface area contributed by atoms with Crippen molar-refractivity contribution in [3.63, 3.8) is 0 Å². The Bertz CT molecular complexity index is 1600. The van der Waals surface area contributed by atoms with Gasteiger partial charge in [0.2, 0.25) is 0 Å². The van der Waals surface area contributed by atoms with Gasteiger partial charge >= 0.3 is 11.9 Å². The highest BCUT2D eigenvalue weighted by Crippen LogP contribution is 2.32. The number of H-pyrrole nitrogens is 1. The molecule has 3 aromatic heterocycles. The number of benzene rings is 2. The van der Waals surface area contributed by atoms with Gasteiger partial charge in [-0.1, -0.05) is 41.9 Å². The molecule has 0 atom stereocenters. The molecule has 2 aromatic carbocycles. The van der Waals surface area contributed by atoms with Crippen molar-refractivity contribution in [3.05, 3.63) is 98.3 Å². The maximum Gasteiger partial charge on any atom is 0.416 e. The van der Waals surface area contributed by atoms with E-state index < -0.39 is 23.2 Å². The summed E-state index contributed by atoms with van der Waals surface area (Å²) in [5.41, 5.74) is -0.862. The molecule has 0 unspecified atom stereocenters. The monoisotopic (exact) mass is 534 g/mol.